The topological polar surface area (TPSA) is 43.4 Å². The van der Waals surface area contributed by atoms with Gasteiger partial charge >= 0.3 is 0 Å². The number of furan rings is 1. The molecular weight excluding hydrogens is 254 g/mol. The fourth-order valence-corrected chi connectivity index (χ4v) is 2.77. The van der Waals surface area contributed by atoms with Gasteiger partial charge in [-0.25, -0.2) is 0 Å². The highest BCUT2D eigenvalue weighted by Crippen LogP contribution is 2.18. The van der Waals surface area contributed by atoms with E-state index in [9.17, 15) is 0 Å². The smallest absolute Gasteiger partial charge is 0.0947 e. The second-order valence-corrected chi connectivity index (χ2v) is 5.33. The van der Waals surface area contributed by atoms with Crippen molar-refractivity contribution in [3.05, 3.63) is 42.1 Å². The first-order chi connectivity index (χ1) is 9.85. The van der Waals surface area contributed by atoms with Gasteiger partial charge in [-0.2, -0.15) is 5.10 Å². The number of fused-ring (bicyclic) bond motifs is 1. The second kappa shape index (κ2) is 6.24. The molecule has 20 heavy (non-hydrogen) atoms. The molecule has 0 saturated heterocycles. The van der Waals surface area contributed by atoms with Gasteiger partial charge in [0.1, 0.15) is 0 Å². The number of nitrogens with zero attached hydrogens (tertiary/aromatic N) is 3. The van der Waals surface area contributed by atoms with Crippen LogP contribution < -0.4 is 0 Å². The normalized spacial score (nSPS) is 19.8. The van der Waals surface area contributed by atoms with Crippen LogP contribution in [0.4, 0.5) is 0 Å². The summed E-state index contributed by atoms with van der Waals surface area (Å²) in [7, 11) is 0. The highest BCUT2D eigenvalue weighted by Gasteiger charge is 2.22. The van der Waals surface area contributed by atoms with E-state index in [4.69, 9.17) is 9.15 Å². The van der Waals surface area contributed by atoms with Crippen LogP contribution in [0.2, 0.25) is 0 Å². The van der Waals surface area contributed by atoms with E-state index >= 15 is 0 Å². The maximum atomic E-state index is 5.62. The van der Waals surface area contributed by atoms with Gasteiger partial charge in [0.2, 0.25) is 0 Å². The molecule has 2 aromatic rings. The van der Waals surface area contributed by atoms with Crippen molar-refractivity contribution < 1.29 is 9.15 Å². The van der Waals surface area contributed by atoms with E-state index in [-0.39, 0.29) is 0 Å². The van der Waals surface area contributed by atoms with E-state index in [0.29, 0.717) is 5.92 Å². The Morgan fingerprint density at radius 1 is 1.40 bits per heavy atom. The Labute approximate surface area is 119 Å². The molecule has 108 valence electrons. The van der Waals surface area contributed by atoms with Crippen LogP contribution in [0, 0.1) is 5.92 Å². The molecule has 0 radical (unpaired) electrons. The van der Waals surface area contributed by atoms with Gasteiger partial charge in [0.15, 0.2) is 0 Å². The van der Waals surface area contributed by atoms with Gasteiger partial charge in [0.05, 0.1) is 24.8 Å². The minimum absolute atomic E-state index is 0.475. The molecule has 1 unspecified atom stereocenters. The summed E-state index contributed by atoms with van der Waals surface area (Å²) in [4.78, 5) is 2.44. The lowest BCUT2D eigenvalue weighted by atomic mass is 10.1. The van der Waals surface area contributed by atoms with Crippen molar-refractivity contribution in [1.82, 2.24) is 14.7 Å². The summed E-state index contributed by atoms with van der Waals surface area (Å²) < 4.78 is 12.9. The van der Waals surface area contributed by atoms with E-state index in [1.165, 1.54) is 11.3 Å². The van der Waals surface area contributed by atoms with Gasteiger partial charge < -0.3 is 9.15 Å². The minimum atomic E-state index is 0.475. The van der Waals surface area contributed by atoms with Crippen LogP contribution in [0.15, 0.2) is 35.3 Å². The van der Waals surface area contributed by atoms with Crippen LogP contribution in [0.25, 0.3) is 0 Å². The largest absolute Gasteiger partial charge is 0.472 e. The standard InChI is InChI=1S/C15H21N3O2/c1-2-19-12-14-8-17(7-13-4-6-20-11-13)10-15-3-5-16-18(15)9-14/h3-6,11,14H,2,7-10,12H2,1H3. The second-order valence-electron chi connectivity index (χ2n) is 5.33. The Bertz CT molecular complexity index is 521. The third kappa shape index (κ3) is 3.11. The average molecular weight is 275 g/mol. The monoisotopic (exact) mass is 275 g/mol. The fraction of sp³-hybridized carbons (Fsp3) is 0.533. The maximum Gasteiger partial charge on any atom is 0.0947 e. The molecule has 2 aromatic heterocycles. The molecule has 0 aromatic carbocycles. The summed E-state index contributed by atoms with van der Waals surface area (Å²) in [6.07, 6.45) is 5.43. The lowest BCUT2D eigenvalue weighted by Gasteiger charge is -2.23. The molecule has 0 amide bonds. The summed E-state index contributed by atoms with van der Waals surface area (Å²) in [6, 6.07) is 4.13. The first-order valence-corrected chi connectivity index (χ1v) is 7.17. The molecule has 0 N–H and O–H groups in total. The molecule has 5 heteroatoms. The molecule has 3 heterocycles. The number of hydrogen-bond acceptors (Lipinski definition) is 4. The first-order valence-electron chi connectivity index (χ1n) is 7.17. The van der Waals surface area contributed by atoms with E-state index in [1.807, 2.05) is 25.5 Å². The fourth-order valence-electron chi connectivity index (χ4n) is 2.77. The molecule has 0 bridgehead atoms. The molecule has 0 saturated carbocycles. The zero-order valence-electron chi connectivity index (χ0n) is 11.9. The highest BCUT2D eigenvalue weighted by atomic mass is 16.5. The van der Waals surface area contributed by atoms with Crippen molar-refractivity contribution in [3.63, 3.8) is 0 Å². The Kier molecular flexibility index (Phi) is 4.18. The molecule has 1 aliphatic heterocycles. The Morgan fingerprint density at radius 2 is 2.35 bits per heavy atom. The van der Waals surface area contributed by atoms with Gasteiger partial charge in [0.25, 0.3) is 0 Å². The maximum absolute atomic E-state index is 5.62. The molecule has 3 rings (SSSR count). The third-order valence-electron chi connectivity index (χ3n) is 3.68. The van der Waals surface area contributed by atoms with Crippen LogP contribution in [0.1, 0.15) is 18.2 Å². The first kappa shape index (κ1) is 13.4. The van der Waals surface area contributed by atoms with E-state index in [1.54, 1.807) is 6.26 Å². The van der Waals surface area contributed by atoms with Crippen molar-refractivity contribution in [3.8, 4) is 0 Å². The predicted octanol–water partition coefficient (Wildman–Crippen LogP) is 2.14. The van der Waals surface area contributed by atoms with Crippen molar-refractivity contribution in [2.24, 2.45) is 5.92 Å². The zero-order chi connectivity index (χ0) is 13.8. The summed E-state index contributed by atoms with van der Waals surface area (Å²) >= 11 is 0. The summed E-state index contributed by atoms with van der Waals surface area (Å²) in [5, 5.41) is 4.42. The Balaban J connectivity index is 1.73. The number of aromatic nitrogens is 2. The van der Waals surface area contributed by atoms with E-state index < -0.39 is 0 Å². The Morgan fingerprint density at radius 3 is 3.15 bits per heavy atom. The molecule has 5 nitrogen and oxygen atoms in total. The van der Waals surface area contributed by atoms with Crippen molar-refractivity contribution >= 4 is 0 Å². The third-order valence-corrected chi connectivity index (χ3v) is 3.68. The molecule has 0 fully saturated rings. The molecule has 0 spiro atoms. The number of hydrogen-bond donors (Lipinski definition) is 0. The van der Waals surface area contributed by atoms with Gasteiger partial charge in [0, 0.05) is 50.5 Å². The van der Waals surface area contributed by atoms with Crippen LogP contribution >= 0.6 is 0 Å². The van der Waals surface area contributed by atoms with Gasteiger partial charge in [-0.05, 0) is 19.1 Å². The van der Waals surface area contributed by atoms with Gasteiger partial charge in [-0.3, -0.25) is 9.58 Å². The lowest BCUT2D eigenvalue weighted by Crippen LogP contribution is -2.30. The average Bonchev–Trinajstić information content (AvgIpc) is 3.06. The SMILES string of the molecule is CCOCC1CN(Cc2ccoc2)Cc2ccnn2C1. The quantitative estimate of drug-likeness (QED) is 0.838. The predicted molar refractivity (Wildman–Crippen MR) is 75.0 cm³/mol. The lowest BCUT2D eigenvalue weighted by molar-refractivity contribution is 0.0841. The summed E-state index contributed by atoms with van der Waals surface area (Å²) in [6.45, 7) is 7.39. The Hall–Kier alpha value is -1.59. The molecular formula is C15H21N3O2. The minimum Gasteiger partial charge on any atom is -0.472 e. The molecule has 0 aliphatic carbocycles. The number of rotatable bonds is 5. The highest BCUT2D eigenvalue weighted by molar-refractivity contribution is 5.07. The van der Waals surface area contributed by atoms with Crippen LogP contribution in [0.3, 0.4) is 0 Å². The molecule has 1 aliphatic rings. The van der Waals surface area contributed by atoms with Crippen molar-refractivity contribution in [2.45, 2.75) is 26.6 Å². The summed E-state index contributed by atoms with van der Waals surface area (Å²) in [5.74, 6) is 0.475. The van der Waals surface area contributed by atoms with E-state index in [0.717, 1.165) is 39.4 Å². The van der Waals surface area contributed by atoms with E-state index in [2.05, 4.69) is 20.7 Å². The zero-order valence-corrected chi connectivity index (χ0v) is 11.9. The number of ether oxygens (including phenoxy) is 1. The van der Waals surface area contributed by atoms with Crippen LogP contribution in [-0.4, -0.2) is 34.4 Å². The van der Waals surface area contributed by atoms with Crippen molar-refractivity contribution in [2.75, 3.05) is 19.8 Å². The van der Waals surface area contributed by atoms with Crippen LogP contribution in [-0.2, 0) is 24.4 Å². The molecule has 1 atom stereocenters. The van der Waals surface area contributed by atoms with Gasteiger partial charge in [-0.15, -0.1) is 0 Å². The summed E-state index contributed by atoms with van der Waals surface area (Å²) in [5.41, 5.74) is 2.49. The van der Waals surface area contributed by atoms with Crippen LogP contribution in [0.5, 0.6) is 0 Å². The van der Waals surface area contributed by atoms with Crippen molar-refractivity contribution in [1.29, 1.82) is 0 Å². The van der Waals surface area contributed by atoms with Gasteiger partial charge in [-0.1, -0.05) is 0 Å².